The van der Waals surface area contributed by atoms with Gasteiger partial charge >= 0.3 is 0 Å². The first kappa shape index (κ1) is 24.4. The summed E-state index contributed by atoms with van der Waals surface area (Å²) in [6.07, 6.45) is 10.3. The van der Waals surface area contributed by atoms with Crippen molar-refractivity contribution in [3.05, 3.63) is 105 Å². The van der Waals surface area contributed by atoms with Crippen LogP contribution in [0.2, 0.25) is 0 Å². The average molecular weight is 484 g/mol. The fourth-order valence-electron chi connectivity index (χ4n) is 5.32. The maximum Gasteiger partial charge on any atom is 0.256 e. The molecule has 0 bridgehead atoms. The van der Waals surface area contributed by atoms with Crippen LogP contribution in [0.25, 0.3) is 11.0 Å². The number of benzene rings is 1. The second-order valence-corrected chi connectivity index (χ2v) is 10.3. The van der Waals surface area contributed by atoms with Gasteiger partial charge in [0.15, 0.2) is 0 Å². The number of rotatable bonds is 4. The summed E-state index contributed by atoms with van der Waals surface area (Å²) in [6.45, 7) is 4.36. The van der Waals surface area contributed by atoms with Gasteiger partial charge < -0.3 is 0 Å². The van der Waals surface area contributed by atoms with Crippen molar-refractivity contribution in [2.24, 2.45) is 0 Å². The Labute approximate surface area is 212 Å². The molecule has 3 heterocycles. The number of halogens is 1. The number of hydrogen-bond acceptors (Lipinski definition) is 3. The lowest BCUT2D eigenvalue weighted by Crippen LogP contribution is -2.28. The quantitative estimate of drug-likeness (QED) is 0.308. The third-order valence-corrected chi connectivity index (χ3v) is 7.38. The fourth-order valence-corrected chi connectivity index (χ4v) is 5.32. The van der Waals surface area contributed by atoms with E-state index in [1.54, 1.807) is 6.07 Å². The van der Waals surface area contributed by atoms with Gasteiger partial charge in [0.1, 0.15) is 11.5 Å². The van der Waals surface area contributed by atoms with Crippen LogP contribution in [-0.4, -0.2) is 14.5 Å². The largest absolute Gasteiger partial charge is 0.286 e. The lowest BCUT2D eigenvalue weighted by Gasteiger charge is -2.23. The molecule has 6 rings (SSSR count). The summed E-state index contributed by atoms with van der Waals surface area (Å²) >= 11 is 0. The topological polar surface area (TPSA) is 47.8 Å². The zero-order valence-electron chi connectivity index (χ0n) is 21.2. The number of aryl methyl sites for hydroxylation is 2. The Bertz CT molecular complexity index is 1400. The monoisotopic (exact) mass is 483 g/mol. The van der Waals surface area contributed by atoms with Crippen LogP contribution >= 0.6 is 0 Å². The molecule has 2 saturated carbocycles. The van der Waals surface area contributed by atoms with Crippen molar-refractivity contribution in [3.63, 3.8) is 0 Å². The van der Waals surface area contributed by atoms with Crippen LogP contribution in [0.3, 0.4) is 0 Å². The normalized spacial score (nSPS) is 16.0. The van der Waals surface area contributed by atoms with Gasteiger partial charge in [-0.2, -0.15) is 0 Å². The van der Waals surface area contributed by atoms with E-state index in [-0.39, 0.29) is 11.4 Å². The molecule has 0 radical (unpaired) electrons. The van der Waals surface area contributed by atoms with Crippen LogP contribution in [0.15, 0.2) is 65.6 Å². The van der Waals surface area contributed by atoms with E-state index < -0.39 is 0 Å². The minimum Gasteiger partial charge on any atom is -0.286 e. The fraction of sp³-hybridized carbons (Fsp3) is 0.387. The molecule has 0 atom stereocenters. The van der Waals surface area contributed by atoms with Crippen molar-refractivity contribution in [1.29, 1.82) is 0 Å². The van der Waals surface area contributed by atoms with Crippen molar-refractivity contribution in [3.8, 4) is 0 Å². The number of aromatic nitrogens is 3. The van der Waals surface area contributed by atoms with Gasteiger partial charge in [0, 0.05) is 22.8 Å². The molecular weight excluding hydrogens is 449 g/mol. The summed E-state index contributed by atoms with van der Waals surface area (Å²) in [6, 6.07) is 17.0. The Morgan fingerprint density at radius 3 is 2.36 bits per heavy atom. The summed E-state index contributed by atoms with van der Waals surface area (Å²) in [4.78, 5) is 23.0. The highest BCUT2D eigenvalue weighted by Crippen LogP contribution is 2.41. The maximum absolute atomic E-state index is 13.6. The number of pyridine rings is 3. The summed E-state index contributed by atoms with van der Waals surface area (Å²) in [5.41, 5.74) is 6.12. The molecule has 1 aromatic carbocycles. The minimum atomic E-state index is -0.162. The van der Waals surface area contributed by atoms with E-state index >= 15 is 0 Å². The Morgan fingerprint density at radius 1 is 0.889 bits per heavy atom. The Hall–Kier alpha value is -3.34. The maximum atomic E-state index is 13.6. The second-order valence-electron chi connectivity index (χ2n) is 10.3. The van der Waals surface area contributed by atoms with Crippen molar-refractivity contribution >= 4 is 11.0 Å². The third-order valence-electron chi connectivity index (χ3n) is 7.38. The van der Waals surface area contributed by atoms with Gasteiger partial charge in [-0.1, -0.05) is 37.5 Å². The molecular formula is C31H34FN3O. The van der Waals surface area contributed by atoms with Crippen LogP contribution in [0.4, 0.5) is 4.39 Å². The van der Waals surface area contributed by atoms with Crippen LogP contribution in [0, 0.1) is 19.7 Å². The lowest BCUT2D eigenvalue weighted by molar-refractivity contribution is 0.439. The highest BCUT2D eigenvalue weighted by molar-refractivity contribution is 5.76. The molecule has 2 aliphatic rings. The summed E-state index contributed by atoms with van der Waals surface area (Å²) in [5.74, 6) is 0.830. The molecule has 0 amide bonds. The first-order valence-corrected chi connectivity index (χ1v) is 13.2. The van der Waals surface area contributed by atoms with Gasteiger partial charge in [-0.25, -0.2) is 9.37 Å². The molecule has 0 spiro atoms. The third kappa shape index (κ3) is 5.56. The lowest BCUT2D eigenvalue weighted by atomic mass is 9.84. The van der Waals surface area contributed by atoms with E-state index in [9.17, 15) is 9.18 Å². The van der Waals surface area contributed by atoms with Crippen molar-refractivity contribution in [2.75, 3.05) is 0 Å². The first-order chi connectivity index (χ1) is 17.5. The molecule has 4 nitrogen and oxygen atoms in total. The van der Waals surface area contributed by atoms with E-state index in [0.29, 0.717) is 18.4 Å². The predicted molar refractivity (Wildman–Crippen MR) is 143 cm³/mol. The predicted octanol–water partition coefficient (Wildman–Crippen LogP) is 7.21. The SMILES string of the molecule is Cc1ccc2cc(C3CCCCC3)c(=O)n(Cc3ncccc3C3CC3)c2n1.Cc1cccc(F)c1. The van der Waals surface area contributed by atoms with E-state index in [1.165, 1.54) is 49.8 Å². The Kier molecular flexibility index (Phi) is 7.26. The molecule has 3 aromatic heterocycles. The molecule has 2 fully saturated rings. The van der Waals surface area contributed by atoms with Gasteiger partial charge in [-0.3, -0.25) is 14.3 Å². The Balaban J connectivity index is 0.000000286. The Morgan fingerprint density at radius 2 is 1.67 bits per heavy atom. The van der Waals surface area contributed by atoms with Crippen molar-refractivity contribution < 1.29 is 4.39 Å². The van der Waals surface area contributed by atoms with Crippen molar-refractivity contribution in [2.45, 2.75) is 77.2 Å². The molecule has 2 aliphatic carbocycles. The van der Waals surface area contributed by atoms with Crippen LogP contribution < -0.4 is 5.56 Å². The first-order valence-electron chi connectivity index (χ1n) is 13.2. The minimum absolute atomic E-state index is 0.130. The van der Waals surface area contributed by atoms with Gasteiger partial charge in [0.25, 0.3) is 5.56 Å². The van der Waals surface area contributed by atoms with E-state index in [1.807, 2.05) is 42.8 Å². The number of fused-ring (bicyclic) bond motifs is 1. The second kappa shape index (κ2) is 10.7. The van der Waals surface area contributed by atoms with E-state index in [0.717, 1.165) is 46.4 Å². The van der Waals surface area contributed by atoms with Gasteiger partial charge in [0.2, 0.25) is 0 Å². The molecule has 36 heavy (non-hydrogen) atoms. The van der Waals surface area contributed by atoms with E-state index in [2.05, 4.69) is 23.2 Å². The van der Waals surface area contributed by atoms with Crippen LogP contribution in [0.1, 0.15) is 84.9 Å². The summed E-state index contributed by atoms with van der Waals surface area (Å²) in [5, 5.41) is 1.06. The molecule has 0 saturated heterocycles. The molecule has 0 N–H and O–H groups in total. The van der Waals surface area contributed by atoms with Gasteiger partial charge in [-0.15, -0.1) is 0 Å². The highest BCUT2D eigenvalue weighted by atomic mass is 19.1. The molecule has 0 aliphatic heterocycles. The van der Waals surface area contributed by atoms with Crippen molar-refractivity contribution in [1.82, 2.24) is 14.5 Å². The van der Waals surface area contributed by atoms with Crippen LogP contribution in [-0.2, 0) is 6.54 Å². The summed E-state index contributed by atoms with van der Waals surface area (Å²) < 4.78 is 14.1. The standard InChI is InChI=1S/C24H27N3O.C7H7F/c1-16-9-10-19-14-21(17-6-3-2-4-7-17)24(28)27(23(19)26-16)15-22-20(18-11-12-18)8-5-13-25-22;1-6-3-2-4-7(8)5-6/h5,8-10,13-14,17-18H,2-4,6-7,11-12,15H2,1H3;2-5H,1H3. The summed E-state index contributed by atoms with van der Waals surface area (Å²) in [7, 11) is 0. The average Bonchev–Trinajstić information content (AvgIpc) is 3.72. The number of hydrogen-bond donors (Lipinski definition) is 0. The smallest absolute Gasteiger partial charge is 0.256 e. The zero-order valence-corrected chi connectivity index (χ0v) is 21.2. The van der Waals surface area contributed by atoms with Crippen LogP contribution in [0.5, 0.6) is 0 Å². The molecule has 186 valence electrons. The van der Waals surface area contributed by atoms with Gasteiger partial charge in [0.05, 0.1) is 12.2 Å². The zero-order chi connectivity index (χ0) is 25.1. The molecule has 0 unspecified atom stereocenters. The number of nitrogens with zero attached hydrogens (tertiary/aromatic N) is 3. The van der Waals surface area contributed by atoms with E-state index in [4.69, 9.17) is 4.98 Å². The van der Waals surface area contributed by atoms with Gasteiger partial charge in [-0.05, 0) is 98.9 Å². The highest BCUT2D eigenvalue weighted by Gasteiger charge is 2.27. The molecule has 5 heteroatoms. The molecule has 4 aromatic rings.